The van der Waals surface area contributed by atoms with Crippen LogP contribution in [0.25, 0.3) is 0 Å². The van der Waals surface area contributed by atoms with Crippen LogP contribution in [0.4, 0.5) is 0 Å². The molecular formula is C19H19NO3. The van der Waals surface area contributed by atoms with Crippen LogP contribution >= 0.6 is 0 Å². The van der Waals surface area contributed by atoms with Gasteiger partial charge in [0.25, 0.3) is 0 Å². The monoisotopic (exact) mass is 309 g/mol. The van der Waals surface area contributed by atoms with E-state index in [0.717, 1.165) is 11.1 Å². The molecule has 0 saturated heterocycles. The van der Waals surface area contributed by atoms with Gasteiger partial charge < -0.3 is 10.4 Å². The van der Waals surface area contributed by atoms with Gasteiger partial charge in [-0.25, -0.2) is 0 Å². The van der Waals surface area contributed by atoms with E-state index in [1.54, 1.807) is 0 Å². The normalized spacial score (nSPS) is 19.9. The molecule has 0 bridgehead atoms. The van der Waals surface area contributed by atoms with Crippen LogP contribution in [-0.4, -0.2) is 23.0 Å². The average Bonchev–Trinajstić information content (AvgIpc) is 2.52. The lowest BCUT2D eigenvalue weighted by molar-refractivity contribution is -0.146. The molecule has 0 radical (unpaired) electrons. The second-order valence-corrected chi connectivity index (χ2v) is 5.97. The molecule has 1 amide bonds. The summed E-state index contributed by atoms with van der Waals surface area (Å²) in [5.41, 5.74) is 1.87. The Bertz CT molecular complexity index is 639. The minimum atomic E-state index is -0.779. The standard InChI is InChI=1S/C19H19NO3/c21-18(20-16-11-15(12-16)19(22)23)17(13-7-3-1-4-8-13)14-9-5-2-6-10-14/h1-10,15-17H,11-12H2,(H,20,21)(H,22,23). The molecule has 2 N–H and O–H groups in total. The number of benzene rings is 2. The van der Waals surface area contributed by atoms with Crippen LogP contribution in [0.3, 0.4) is 0 Å². The van der Waals surface area contributed by atoms with Gasteiger partial charge in [0.1, 0.15) is 0 Å². The molecular weight excluding hydrogens is 290 g/mol. The number of nitrogens with one attached hydrogen (secondary N) is 1. The van der Waals surface area contributed by atoms with E-state index in [2.05, 4.69) is 5.32 Å². The summed E-state index contributed by atoms with van der Waals surface area (Å²) in [7, 11) is 0. The lowest BCUT2D eigenvalue weighted by Gasteiger charge is -2.34. The average molecular weight is 309 g/mol. The van der Waals surface area contributed by atoms with Crippen molar-refractivity contribution in [2.45, 2.75) is 24.8 Å². The fourth-order valence-corrected chi connectivity index (χ4v) is 3.01. The maximum Gasteiger partial charge on any atom is 0.306 e. The van der Waals surface area contributed by atoms with Gasteiger partial charge in [0.05, 0.1) is 11.8 Å². The second kappa shape index (κ2) is 6.65. The van der Waals surface area contributed by atoms with Crippen molar-refractivity contribution in [3.8, 4) is 0 Å². The Labute approximate surface area is 135 Å². The van der Waals surface area contributed by atoms with Gasteiger partial charge in [0.2, 0.25) is 5.91 Å². The van der Waals surface area contributed by atoms with E-state index in [1.165, 1.54) is 0 Å². The van der Waals surface area contributed by atoms with E-state index in [1.807, 2.05) is 60.7 Å². The van der Waals surface area contributed by atoms with E-state index in [-0.39, 0.29) is 23.8 Å². The molecule has 0 unspecified atom stereocenters. The first kappa shape index (κ1) is 15.3. The first-order chi connectivity index (χ1) is 11.1. The van der Waals surface area contributed by atoms with E-state index < -0.39 is 5.97 Å². The van der Waals surface area contributed by atoms with Gasteiger partial charge in [-0.3, -0.25) is 9.59 Å². The van der Waals surface area contributed by atoms with Crippen molar-refractivity contribution < 1.29 is 14.7 Å². The summed E-state index contributed by atoms with van der Waals surface area (Å²) >= 11 is 0. The molecule has 1 fully saturated rings. The summed E-state index contributed by atoms with van der Waals surface area (Å²) in [5.74, 6) is -1.55. The number of carboxylic acid groups (broad SMARTS) is 1. The maximum atomic E-state index is 12.8. The van der Waals surface area contributed by atoms with Crippen molar-refractivity contribution in [1.82, 2.24) is 5.32 Å². The Morgan fingerprint density at radius 2 is 1.39 bits per heavy atom. The van der Waals surface area contributed by atoms with Crippen LogP contribution in [0.1, 0.15) is 29.9 Å². The number of carboxylic acids is 1. The van der Waals surface area contributed by atoms with Gasteiger partial charge in [0.15, 0.2) is 0 Å². The van der Waals surface area contributed by atoms with Crippen LogP contribution in [0.5, 0.6) is 0 Å². The summed E-state index contributed by atoms with van der Waals surface area (Å²) in [4.78, 5) is 23.6. The Kier molecular flexibility index (Phi) is 4.42. The Morgan fingerprint density at radius 1 is 0.913 bits per heavy atom. The molecule has 4 heteroatoms. The van der Waals surface area contributed by atoms with E-state index in [9.17, 15) is 9.59 Å². The molecule has 0 aromatic heterocycles. The Balaban J connectivity index is 1.77. The smallest absolute Gasteiger partial charge is 0.306 e. The minimum absolute atomic E-state index is 0.0430. The molecule has 23 heavy (non-hydrogen) atoms. The zero-order valence-electron chi connectivity index (χ0n) is 12.7. The van der Waals surface area contributed by atoms with Crippen molar-refractivity contribution in [2.24, 2.45) is 5.92 Å². The van der Waals surface area contributed by atoms with Crippen molar-refractivity contribution in [3.63, 3.8) is 0 Å². The van der Waals surface area contributed by atoms with Gasteiger partial charge in [-0.15, -0.1) is 0 Å². The Hall–Kier alpha value is -2.62. The molecule has 4 nitrogen and oxygen atoms in total. The van der Waals surface area contributed by atoms with Crippen molar-refractivity contribution >= 4 is 11.9 Å². The first-order valence-electron chi connectivity index (χ1n) is 7.78. The van der Waals surface area contributed by atoms with Crippen LogP contribution in [-0.2, 0) is 9.59 Å². The molecule has 0 atom stereocenters. The SMILES string of the molecule is O=C(O)C1CC(NC(=O)C(c2ccccc2)c2ccccc2)C1. The highest BCUT2D eigenvalue weighted by Gasteiger charge is 2.36. The molecule has 3 rings (SSSR count). The number of rotatable bonds is 5. The summed E-state index contributed by atoms with van der Waals surface area (Å²) in [6.07, 6.45) is 1.02. The van der Waals surface area contributed by atoms with Crippen LogP contribution < -0.4 is 5.32 Å². The number of carbonyl (C=O) groups excluding carboxylic acids is 1. The van der Waals surface area contributed by atoms with Gasteiger partial charge in [-0.2, -0.15) is 0 Å². The van der Waals surface area contributed by atoms with Gasteiger partial charge in [-0.1, -0.05) is 60.7 Å². The predicted octanol–water partition coefficient (Wildman–Crippen LogP) is 2.80. The van der Waals surface area contributed by atoms with Crippen molar-refractivity contribution in [1.29, 1.82) is 0 Å². The number of amides is 1. The Morgan fingerprint density at radius 3 is 1.83 bits per heavy atom. The zero-order chi connectivity index (χ0) is 16.2. The number of hydrogen-bond acceptors (Lipinski definition) is 2. The second-order valence-electron chi connectivity index (χ2n) is 5.97. The molecule has 0 heterocycles. The first-order valence-corrected chi connectivity index (χ1v) is 7.78. The highest BCUT2D eigenvalue weighted by molar-refractivity contribution is 5.87. The topological polar surface area (TPSA) is 66.4 Å². The summed E-state index contributed by atoms with van der Waals surface area (Å²) in [6.45, 7) is 0. The largest absolute Gasteiger partial charge is 0.481 e. The van der Waals surface area contributed by atoms with Crippen LogP contribution in [0, 0.1) is 5.92 Å². The van der Waals surface area contributed by atoms with Gasteiger partial charge >= 0.3 is 5.97 Å². The molecule has 2 aromatic rings. The molecule has 0 spiro atoms. The lowest BCUT2D eigenvalue weighted by Crippen LogP contribution is -2.48. The molecule has 118 valence electrons. The number of hydrogen-bond donors (Lipinski definition) is 2. The third-order valence-electron chi connectivity index (χ3n) is 4.36. The summed E-state index contributed by atoms with van der Waals surface area (Å²) < 4.78 is 0. The molecule has 1 aliphatic carbocycles. The van der Waals surface area contributed by atoms with E-state index >= 15 is 0 Å². The van der Waals surface area contributed by atoms with E-state index in [4.69, 9.17) is 5.11 Å². The lowest BCUT2D eigenvalue weighted by atomic mass is 9.79. The van der Waals surface area contributed by atoms with Gasteiger partial charge in [-0.05, 0) is 24.0 Å². The molecule has 1 aliphatic rings. The van der Waals surface area contributed by atoms with Crippen molar-refractivity contribution in [3.05, 3.63) is 71.8 Å². The fraction of sp³-hybridized carbons (Fsp3) is 0.263. The summed E-state index contributed by atoms with van der Waals surface area (Å²) in [5, 5.41) is 11.9. The highest BCUT2D eigenvalue weighted by atomic mass is 16.4. The van der Waals surface area contributed by atoms with Crippen molar-refractivity contribution in [2.75, 3.05) is 0 Å². The summed E-state index contributed by atoms with van der Waals surface area (Å²) in [6, 6.07) is 19.3. The van der Waals surface area contributed by atoms with Crippen LogP contribution in [0.2, 0.25) is 0 Å². The quantitative estimate of drug-likeness (QED) is 0.892. The maximum absolute atomic E-state index is 12.8. The zero-order valence-corrected chi connectivity index (χ0v) is 12.7. The van der Waals surface area contributed by atoms with E-state index in [0.29, 0.717) is 12.8 Å². The predicted molar refractivity (Wildman–Crippen MR) is 87.0 cm³/mol. The highest BCUT2D eigenvalue weighted by Crippen LogP contribution is 2.30. The fourth-order valence-electron chi connectivity index (χ4n) is 3.01. The third-order valence-corrected chi connectivity index (χ3v) is 4.36. The number of carbonyl (C=O) groups is 2. The molecule has 1 saturated carbocycles. The van der Waals surface area contributed by atoms with Gasteiger partial charge in [0, 0.05) is 6.04 Å². The van der Waals surface area contributed by atoms with Crippen LogP contribution in [0.15, 0.2) is 60.7 Å². The third kappa shape index (κ3) is 3.42. The molecule has 2 aromatic carbocycles. The number of aliphatic carboxylic acids is 1. The minimum Gasteiger partial charge on any atom is -0.481 e. The molecule has 0 aliphatic heterocycles.